The van der Waals surface area contributed by atoms with Gasteiger partial charge in [0.25, 0.3) is 0 Å². The van der Waals surface area contributed by atoms with Gasteiger partial charge in [-0.2, -0.15) is 22.0 Å². The minimum atomic E-state index is -5.67. The number of carbonyl (C=O) groups is 1. The number of fused-ring (bicyclic) bond motifs is 1. The molecule has 3 atom stereocenters. The van der Waals surface area contributed by atoms with Gasteiger partial charge < -0.3 is 20.1 Å². The van der Waals surface area contributed by atoms with Crippen molar-refractivity contribution in [1.82, 2.24) is 0 Å². The molecular formula is C33H43F5O5. The SMILES string of the molecule is CCCCCCCCCC(CCCCC(F)(F)C(F)(F)F)(C(=O)O)C1c2ccc(O)cc2OCC1(C)c1ccc(O)cc1. The van der Waals surface area contributed by atoms with Gasteiger partial charge in [-0.3, -0.25) is 4.79 Å². The molecular weight excluding hydrogens is 571 g/mol. The summed E-state index contributed by atoms with van der Waals surface area (Å²) in [6.45, 7) is 3.99. The van der Waals surface area contributed by atoms with Gasteiger partial charge in [0.2, 0.25) is 0 Å². The summed E-state index contributed by atoms with van der Waals surface area (Å²) in [5.74, 6) is -6.56. The summed E-state index contributed by atoms with van der Waals surface area (Å²) in [4.78, 5) is 13.5. The van der Waals surface area contributed by atoms with Crippen LogP contribution in [0.3, 0.4) is 0 Å². The number of carboxylic acid groups (broad SMARTS) is 1. The van der Waals surface area contributed by atoms with Gasteiger partial charge in [0.05, 0.1) is 12.0 Å². The molecule has 5 nitrogen and oxygen atoms in total. The Morgan fingerprint density at radius 3 is 1.95 bits per heavy atom. The van der Waals surface area contributed by atoms with E-state index in [4.69, 9.17) is 4.74 Å². The highest BCUT2D eigenvalue weighted by Gasteiger charge is 2.58. The Bertz CT molecular complexity index is 1200. The topological polar surface area (TPSA) is 87.0 Å². The monoisotopic (exact) mass is 614 g/mol. The fraction of sp³-hybridized carbons (Fsp3) is 0.606. The van der Waals surface area contributed by atoms with Crippen LogP contribution in [0.5, 0.6) is 17.2 Å². The average Bonchev–Trinajstić information content (AvgIpc) is 2.93. The molecule has 2 aromatic rings. The third-order valence-electron chi connectivity index (χ3n) is 8.98. The molecule has 0 aromatic heterocycles. The molecule has 10 heteroatoms. The van der Waals surface area contributed by atoms with Gasteiger partial charge >= 0.3 is 18.1 Å². The molecule has 3 unspecified atom stereocenters. The van der Waals surface area contributed by atoms with Crippen LogP contribution in [0.4, 0.5) is 22.0 Å². The fourth-order valence-corrected chi connectivity index (χ4v) is 6.62. The van der Waals surface area contributed by atoms with Crippen LogP contribution in [0, 0.1) is 5.41 Å². The Kier molecular flexibility index (Phi) is 11.3. The second-order valence-corrected chi connectivity index (χ2v) is 12.2. The van der Waals surface area contributed by atoms with Crippen molar-refractivity contribution < 1.29 is 46.8 Å². The van der Waals surface area contributed by atoms with Crippen molar-refractivity contribution in [1.29, 1.82) is 0 Å². The second-order valence-electron chi connectivity index (χ2n) is 12.2. The highest BCUT2D eigenvalue weighted by Crippen LogP contribution is 2.59. The van der Waals surface area contributed by atoms with E-state index in [9.17, 15) is 42.1 Å². The highest BCUT2D eigenvalue weighted by atomic mass is 19.4. The lowest BCUT2D eigenvalue weighted by Crippen LogP contribution is -2.51. The van der Waals surface area contributed by atoms with E-state index in [-0.39, 0.29) is 37.4 Å². The van der Waals surface area contributed by atoms with Gasteiger partial charge in [0, 0.05) is 23.8 Å². The maximum Gasteiger partial charge on any atom is 0.453 e. The van der Waals surface area contributed by atoms with Gasteiger partial charge in [-0.1, -0.05) is 83.4 Å². The molecule has 0 spiro atoms. The first-order valence-electron chi connectivity index (χ1n) is 15.1. The Morgan fingerprint density at radius 1 is 0.837 bits per heavy atom. The summed E-state index contributed by atoms with van der Waals surface area (Å²) >= 11 is 0. The fourth-order valence-electron chi connectivity index (χ4n) is 6.62. The molecule has 0 amide bonds. The smallest absolute Gasteiger partial charge is 0.453 e. The molecule has 0 radical (unpaired) electrons. The van der Waals surface area contributed by atoms with Crippen molar-refractivity contribution in [2.75, 3.05) is 6.61 Å². The van der Waals surface area contributed by atoms with Crippen LogP contribution in [-0.2, 0) is 10.2 Å². The van der Waals surface area contributed by atoms with Crippen LogP contribution in [0.2, 0.25) is 0 Å². The van der Waals surface area contributed by atoms with Crippen molar-refractivity contribution in [2.24, 2.45) is 5.41 Å². The minimum absolute atomic E-state index is 0.0177. The number of unbranched alkanes of at least 4 members (excludes halogenated alkanes) is 7. The number of benzene rings is 2. The molecule has 1 aliphatic heterocycles. The quantitative estimate of drug-likeness (QED) is 0.130. The Balaban J connectivity index is 2.05. The van der Waals surface area contributed by atoms with E-state index in [2.05, 4.69) is 6.92 Å². The van der Waals surface area contributed by atoms with Crippen LogP contribution >= 0.6 is 0 Å². The summed E-state index contributed by atoms with van der Waals surface area (Å²) in [6, 6.07) is 10.8. The molecule has 2 aromatic carbocycles. The van der Waals surface area contributed by atoms with E-state index in [0.29, 0.717) is 23.3 Å². The largest absolute Gasteiger partial charge is 0.508 e. The molecule has 240 valence electrons. The third-order valence-corrected chi connectivity index (χ3v) is 8.98. The minimum Gasteiger partial charge on any atom is -0.508 e. The predicted octanol–water partition coefficient (Wildman–Crippen LogP) is 9.50. The van der Waals surface area contributed by atoms with Crippen molar-refractivity contribution in [3.8, 4) is 17.2 Å². The van der Waals surface area contributed by atoms with Crippen molar-refractivity contribution >= 4 is 5.97 Å². The lowest BCUT2D eigenvalue weighted by Gasteiger charge is -2.51. The Hall–Kier alpha value is -3.04. The zero-order valence-electron chi connectivity index (χ0n) is 24.9. The Morgan fingerprint density at radius 2 is 1.37 bits per heavy atom. The van der Waals surface area contributed by atoms with Crippen molar-refractivity contribution in [2.45, 2.75) is 114 Å². The molecule has 0 fully saturated rings. The standard InChI is InChI=1S/C33H43F5O5/c1-3-4-5-6-7-8-9-18-31(29(41)42,19-10-11-20-32(34,35)33(36,37)38)28-26-17-16-25(40)21-27(26)43-22-30(28,2)23-12-14-24(39)15-13-23/h12-17,21,28,39-40H,3-11,18-20,22H2,1-2H3,(H,41,42). The van der Waals surface area contributed by atoms with E-state index in [1.54, 1.807) is 18.2 Å². The number of hydrogen-bond donors (Lipinski definition) is 3. The molecule has 43 heavy (non-hydrogen) atoms. The summed E-state index contributed by atoms with van der Waals surface area (Å²) in [5.41, 5.74) is -1.32. The van der Waals surface area contributed by atoms with E-state index < -0.39 is 47.7 Å². The zero-order valence-corrected chi connectivity index (χ0v) is 24.9. The summed E-state index contributed by atoms with van der Waals surface area (Å²) < 4.78 is 72.1. The molecule has 0 bridgehead atoms. The normalized spacial score (nSPS) is 20.2. The van der Waals surface area contributed by atoms with Crippen LogP contribution in [0.1, 0.15) is 108 Å². The molecule has 0 saturated carbocycles. The first-order chi connectivity index (χ1) is 20.2. The first-order valence-corrected chi connectivity index (χ1v) is 15.1. The Labute approximate surface area is 250 Å². The van der Waals surface area contributed by atoms with E-state index >= 15 is 0 Å². The van der Waals surface area contributed by atoms with Crippen molar-refractivity contribution in [3.05, 3.63) is 53.6 Å². The third kappa shape index (κ3) is 7.92. The number of alkyl halides is 5. The van der Waals surface area contributed by atoms with Crippen LogP contribution < -0.4 is 4.74 Å². The molecule has 0 aliphatic carbocycles. The van der Waals surface area contributed by atoms with E-state index in [0.717, 1.165) is 38.5 Å². The number of halogens is 5. The molecule has 3 rings (SSSR count). The summed E-state index contributed by atoms with van der Waals surface area (Å²) in [6.07, 6.45) is -1.21. The summed E-state index contributed by atoms with van der Waals surface area (Å²) in [5, 5.41) is 31.1. The lowest BCUT2D eigenvalue weighted by atomic mass is 9.54. The van der Waals surface area contributed by atoms with Crippen LogP contribution in [0.25, 0.3) is 0 Å². The zero-order chi connectivity index (χ0) is 31.9. The number of hydrogen-bond acceptors (Lipinski definition) is 4. The lowest BCUT2D eigenvalue weighted by molar-refractivity contribution is -0.284. The van der Waals surface area contributed by atoms with Gasteiger partial charge in [0.15, 0.2) is 0 Å². The van der Waals surface area contributed by atoms with E-state index in [1.165, 1.54) is 24.3 Å². The molecule has 1 aliphatic rings. The number of aromatic hydroxyl groups is 2. The van der Waals surface area contributed by atoms with Gasteiger partial charge in [-0.15, -0.1) is 0 Å². The number of phenols is 2. The van der Waals surface area contributed by atoms with Gasteiger partial charge in [-0.25, -0.2) is 0 Å². The number of carboxylic acids is 1. The second kappa shape index (κ2) is 14.2. The average molecular weight is 615 g/mol. The molecule has 0 saturated heterocycles. The van der Waals surface area contributed by atoms with Crippen LogP contribution in [0.15, 0.2) is 42.5 Å². The number of aliphatic carboxylic acids is 1. The maximum absolute atomic E-state index is 13.7. The first kappa shape index (κ1) is 34.5. The predicted molar refractivity (Wildman–Crippen MR) is 154 cm³/mol. The highest BCUT2D eigenvalue weighted by molar-refractivity contribution is 5.77. The number of ether oxygens (including phenoxy) is 1. The van der Waals surface area contributed by atoms with E-state index in [1.807, 2.05) is 6.92 Å². The number of phenolic OH excluding ortho intramolecular Hbond substituents is 2. The number of rotatable bonds is 16. The molecule has 3 N–H and O–H groups in total. The maximum atomic E-state index is 13.7. The van der Waals surface area contributed by atoms with Gasteiger partial charge in [0.1, 0.15) is 17.2 Å². The van der Waals surface area contributed by atoms with Crippen molar-refractivity contribution in [3.63, 3.8) is 0 Å². The molecule has 1 heterocycles. The van der Waals surface area contributed by atoms with Crippen LogP contribution in [-0.4, -0.2) is 40.0 Å². The van der Waals surface area contributed by atoms with Gasteiger partial charge in [-0.05, 0) is 48.6 Å². The summed E-state index contributed by atoms with van der Waals surface area (Å²) in [7, 11) is 0.